The summed E-state index contributed by atoms with van der Waals surface area (Å²) in [6.07, 6.45) is 3.76. The summed E-state index contributed by atoms with van der Waals surface area (Å²) in [5.41, 5.74) is 1.80. The van der Waals surface area contributed by atoms with Crippen LogP contribution in [0.4, 0.5) is 5.69 Å². The van der Waals surface area contributed by atoms with Gasteiger partial charge in [-0.15, -0.1) is 0 Å². The fraction of sp³-hybridized carbons (Fsp3) is 0.440. The fourth-order valence-corrected chi connectivity index (χ4v) is 5.88. The second-order valence-corrected chi connectivity index (χ2v) is 10.5. The Morgan fingerprint density at radius 3 is 2.26 bits per heavy atom. The third-order valence-electron chi connectivity index (χ3n) is 5.94. The molecule has 0 radical (unpaired) electrons. The van der Waals surface area contributed by atoms with Gasteiger partial charge in [0.25, 0.3) is 0 Å². The number of sulfonamides is 1. The van der Waals surface area contributed by atoms with Gasteiger partial charge in [-0.05, 0) is 55.2 Å². The molecule has 1 unspecified atom stereocenters. The van der Waals surface area contributed by atoms with Gasteiger partial charge in [0.2, 0.25) is 21.8 Å². The summed E-state index contributed by atoms with van der Waals surface area (Å²) in [4.78, 5) is 24.8. The van der Waals surface area contributed by atoms with Crippen LogP contribution >= 0.6 is 0 Å². The standard InChI is InChI=1S/C25H33N3O5S/c1-18-8-11-21(16-24(18)34(31,32)28-14-6-4-5-7-15-28)27-25(30)17-23(26-19(2)29)20-9-12-22(33-3)13-10-20/h8-13,16,23H,4-7,14-15,17H2,1-3H3,(H,26,29)(H,27,30). The molecule has 0 aromatic heterocycles. The topological polar surface area (TPSA) is 105 Å². The summed E-state index contributed by atoms with van der Waals surface area (Å²) >= 11 is 0. The van der Waals surface area contributed by atoms with Crippen LogP contribution in [0.2, 0.25) is 0 Å². The second-order valence-electron chi connectivity index (χ2n) is 8.58. The van der Waals surface area contributed by atoms with E-state index in [4.69, 9.17) is 4.74 Å². The number of benzene rings is 2. The van der Waals surface area contributed by atoms with E-state index in [2.05, 4.69) is 10.6 Å². The van der Waals surface area contributed by atoms with E-state index in [0.29, 0.717) is 30.1 Å². The molecule has 184 valence electrons. The maximum absolute atomic E-state index is 13.3. The van der Waals surface area contributed by atoms with Crippen LogP contribution in [0.5, 0.6) is 5.75 Å². The van der Waals surface area contributed by atoms with E-state index >= 15 is 0 Å². The molecule has 1 aliphatic heterocycles. The molecule has 0 saturated carbocycles. The van der Waals surface area contributed by atoms with Crippen molar-refractivity contribution >= 4 is 27.5 Å². The summed E-state index contributed by atoms with van der Waals surface area (Å²) in [6, 6.07) is 11.5. The Bertz CT molecular complexity index is 1110. The van der Waals surface area contributed by atoms with Crippen molar-refractivity contribution in [2.45, 2.75) is 56.9 Å². The zero-order chi connectivity index (χ0) is 24.7. The Labute approximate surface area is 201 Å². The first-order valence-corrected chi connectivity index (χ1v) is 13.0. The highest BCUT2D eigenvalue weighted by atomic mass is 32.2. The first kappa shape index (κ1) is 25.7. The number of hydrogen-bond donors (Lipinski definition) is 2. The largest absolute Gasteiger partial charge is 0.497 e. The van der Waals surface area contributed by atoms with Gasteiger partial charge < -0.3 is 15.4 Å². The van der Waals surface area contributed by atoms with Crippen molar-refractivity contribution in [2.75, 3.05) is 25.5 Å². The minimum absolute atomic E-state index is 0.00596. The number of hydrogen-bond acceptors (Lipinski definition) is 5. The van der Waals surface area contributed by atoms with Crippen LogP contribution in [0.25, 0.3) is 0 Å². The molecule has 1 atom stereocenters. The molecule has 1 fully saturated rings. The van der Waals surface area contributed by atoms with E-state index in [9.17, 15) is 18.0 Å². The van der Waals surface area contributed by atoms with Crippen LogP contribution < -0.4 is 15.4 Å². The van der Waals surface area contributed by atoms with Crippen LogP contribution in [-0.4, -0.2) is 44.7 Å². The molecule has 0 aliphatic carbocycles. The molecule has 2 amide bonds. The molecule has 2 aromatic carbocycles. The highest BCUT2D eigenvalue weighted by Crippen LogP contribution is 2.27. The molecule has 2 aromatic rings. The monoisotopic (exact) mass is 487 g/mol. The molecule has 0 spiro atoms. The SMILES string of the molecule is COc1ccc(C(CC(=O)Nc2ccc(C)c(S(=O)(=O)N3CCCCCC3)c2)NC(C)=O)cc1. The van der Waals surface area contributed by atoms with E-state index in [1.807, 2.05) is 0 Å². The van der Waals surface area contributed by atoms with Crippen molar-refractivity contribution in [3.63, 3.8) is 0 Å². The molecular formula is C25H33N3O5S. The summed E-state index contributed by atoms with van der Waals surface area (Å²) in [7, 11) is -2.08. The molecule has 1 saturated heterocycles. The van der Waals surface area contributed by atoms with Crippen molar-refractivity contribution in [2.24, 2.45) is 0 Å². The summed E-state index contributed by atoms with van der Waals surface area (Å²) < 4.78 is 33.3. The Kier molecular flexibility index (Phi) is 8.68. The van der Waals surface area contributed by atoms with E-state index in [-0.39, 0.29) is 23.1 Å². The van der Waals surface area contributed by atoms with Crippen LogP contribution in [-0.2, 0) is 19.6 Å². The lowest BCUT2D eigenvalue weighted by Gasteiger charge is -2.22. The Morgan fingerprint density at radius 1 is 1.03 bits per heavy atom. The summed E-state index contributed by atoms with van der Waals surface area (Å²) in [5.74, 6) is 0.0823. The number of anilines is 1. The Hall–Kier alpha value is -2.91. The summed E-state index contributed by atoms with van der Waals surface area (Å²) in [5, 5.41) is 5.60. The number of ether oxygens (including phenoxy) is 1. The minimum Gasteiger partial charge on any atom is -0.497 e. The molecule has 0 bridgehead atoms. The van der Waals surface area contributed by atoms with Crippen LogP contribution in [0.1, 0.15) is 56.2 Å². The lowest BCUT2D eigenvalue weighted by molar-refractivity contribution is -0.120. The third kappa shape index (κ3) is 6.57. The smallest absolute Gasteiger partial charge is 0.243 e. The van der Waals surface area contributed by atoms with Gasteiger partial charge in [-0.3, -0.25) is 9.59 Å². The maximum atomic E-state index is 13.3. The van der Waals surface area contributed by atoms with Gasteiger partial charge >= 0.3 is 0 Å². The molecule has 1 heterocycles. The fourth-order valence-electron chi connectivity index (χ4n) is 4.11. The van der Waals surface area contributed by atoms with Gasteiger partial charge in [-0.1, -0.05) is 31.0 Å². The predicted molar refractivity (Wildman–Crippen MR) is 131 cm³/mol. The number of nitrogens with zero attached hydrogens (tertiary/aromatic N) is 1. The number of methoxy groups -OCH3 is 1. The zero-order valence-corrected chi connectivity index (χ0v) is 20.8. The van der Waals surface area contributed by atoms with E-state index < -0.39 is 16.1 Å². The molecular weight excluding hydrogens is 454 g/mol. The van der Waals surface area contributed by atoms with Gasteiger partial charge in [0, 0.05) is 25.7 Å². The second kappa shape index (κ2) is 11.5. The van der Waals surface area contributed by atoms with Gasteiger partial charge in [-0.2, -0.15) is 4.31 Å². The van der Waals surface area contributed by atoms with E-state index in [1.54, 1.807) is 54.7 Å². The predicted octanol–water partition coefficient (Wildman–Crippen LogP) is 3.77. The maximum Gasteiger partial charge on any atom is 0.243 e. The van der Waals surface area contributed by atoms with Crippen molar-refractivity contribution < 1.29 is 22.7 Å². The van der Waals surface area contributed by atoms with Gasteiger partial charge in [0.05, 0.1) is 24.5 Å². The normalized spacial score (nSPS) is 15.7. The number of carbonyl (C=O) groups excluding carboxylic acids is 2. The van der Waals surface area contributed by atoms with Crippen molar-refractivity contribution in [1.82, 2.24) is 9.62 Å². The summed E-state index contributed by atoms with van der Waals surface area (Å²) in [6.45, 7) is 4.18. The van der Waals surface area contributed by atoms with E-state index in [1.165, 1.54) is 13.0 Å². The Morgan fingerprint density at radius 2 is 1.68 bits per heavy atom. The lowest BCUT2D eigenvalue weighted by atomic mass is 10.0. The third-order valence-corrected chi connectivity index (χ3v) is 7.98. The molecule has 2 N–H and O–H groups in total. The van der Waals surface area contributed by atoms with Crippen LogP contribution in [0.3, 0.4) is 0 Å². The molecule has 1 aliphatic rings. The first-order valence-electron chi connectivity index (χ1n) is 11.5. The van der Waals surface area contributed by atoms with Gasteiger partial charge in [-0.25, -0.2) is 8.42 Å². The highest BCUT2D eigenvalue weighted by Gasteiger charge is 2.27. The molecule has 34 heavy (non-hydrogen) atoms. The molecule has 9 heteroatoms. The van der Waals surface area contributed by atoms with Crippen molar-refractivity contribution in [3.05, 3.63) is 53.6 Å². The van der Waals surface area contributed by atoms with Gasteiger partial charge in [0.1, 0.15) is 5.75 Å². The van der Waals surface area contributed by atoms with Crippen molar-refractivity contribution in [1.29, 1.82) is 0 Å². The lowest BCUT2D eigenvalue weighted by Crippen LogP contribution is -2.32. The molecule has 3 rings (SSSR count). The average Bonchev–Trinajstić information content (AvgIpc) is 3.10. The molecule has 8 nitrogen and oxygen atoms in total. The highest BCUT2D eigenvalue weighted by molar-refractivity contribution is 7.89. The number of carbonyl (C=O) groups is 2. The number of rotatable bonds is 8. The number of nitrogens with one attached hydrogen (secondary N) is 2. The minimum atomic E-state index is -3.65. The van der Waals surface area contributed by atoms with Crippen LogP contribution in [0.15, 0.2) is 47.4 Å². The van der Waals surface area contributed by atoms with Crippen molar-refractivity contribution in [3.8, 4) is 5.75 Å². The Balaban J connectivity index is 1.77. The van der Waals surface area contributed by atoms with E-state index in [0.717, 1.165) is 31.2 Å². The van der Waals surface area contributed by atoms with Crippen LogP contribution in [0, 0.1) is 6.92 Å². The zero-order valence-electron chi connectivity index (χ0n) is 20.0. The average molecular weight is 488 g/mol. The number of aryl methyl sites for hydroxylation is 1. The number of amides is 2. The first-order chi connectivity index (χ1) is 16.2. The quantitative estimate of drug-likeness (QED) is 0.590. The van der Waals surface area contributed by atoms with Gasteiger partial charge in [0.15, 0.2) is 0 Å².